The molecule has 2 aliphatic rings. The van der Waals surface area contributed by atoms with Gasteiger partial charge in [-0.2, -0.15) is 10.2 Å². The van der Waals surface area contributed by atoms with Gasteiger partial charge in [0.05, 0.1) is 29.7 Å². The number of hydrogen-bond donors (Lipinski definition) is 3. The van der Waals surface area contributed by atoms with Gasteiger partial charge >= 0.3 is 0 Å². The Bertz CT molecular complexity index is 897. The Morgan fingerprint density at radius 3 is 2.93 bits per heavy atom. The molecule has 8 nitrogen and oxygen atoms in total. The first kappa shape index (κ1) is 20.6. The molecule has 4 rings (SSSR count). The third-order valence-electron chi connectivity index (χ3n) is 5.89. The van der Waals surface area contributed by atoms with E-state index in [0.29, 0.717) is 18.1 Å². The first-order valence-corrected chi connectivity index (χ1v) is 10.3. The number of anilines is 2. The lowest BCUT2D eigenvalue weighted by Gasteiger charge is -2.33. The molecule has 160 valence electrons. The molecule has 0 spiro atoms. The van der Waals surface area contributed by atoms with Crippen molar-refractivity contribution in [2.24, 2.45) is 11.3 Å². The summed E-state index contributed by atoms with van der Waals surface area (Å²) in [6.45, 7) is 6.01. The summed E-state index contributed by atoms with van der Waals surface area (Å²) in [5.74, 6) is -0.424. The Morgan fingerprint density at radius 2 is 2.17 bits per heavy atom. The van der Waals surface area contributed by atoms with Crippen molar-refractivity contribution in [1.82, 2.24) is 20.5 Å². The molecule has 2 saturated heterocycles. The quantitative estimate of drug-likeness (QED) is 0.667. The first-order chi connectivity index (χ1) is 14.5. The minimum atomic E-state index is -0.515. The number of aromatic nitrogens is 3. The van der Waals surface area contributed by atoms with Gasteiger partial charge in [-0.05, 0) is 43.4 Å². The number of amides is 1. The standard InChI is InChI=1S/C21H27FN6O2/c1-21(3-6-30-7-4-21)13-25-15-8-18(28-26-11-15)16-9-19(24-12-17(16)22)27-20(29)14-2-5-23-10-14/h8-9,11-12,14,23H,2-7,10,13H2,1H3,(H,25,28)(H,24,27,29). The maximum absolute atomic E-state index is 14.5. The van der Waals surface area contributed by atoms with Crippen molar-refractivity contribution >= 4 is 17.4 Å². The van der Waals surface area contributed by atoms with E-state index in [9.17, 15) is 9.18 Å². The van der Waals surface area contributed by atoms with E-state index in [1.807, 2.05) is 0 Å². The second-order valence-electron chi connectivity index (χ2n) is 8.33. The van der Waals surface area contributed by atoms with Crippen LogP contribution in [-0.2, 0) is 9.53 Å². The van der Waals surface area contributed by atoms with Gasteiger partial charge in [-0.3, -0.25) is 4.79 Å². The first-order valence-electron chi connectivity index (χ1n) is 10.3. The van der Waals surface area contributed by atoms with Crippen molar-refractivity contribution < 1.29 is 13.9 Å². The van der Waals surface area contributed by atoms with E-state index in [2.05, 4.69) is 38.1 Å². The Kier molecular flexibility index (Phi) is 6.19. The van der Waals surface area contributed by atoms with Crippen LogP contribution in [0.2, 0.25) is 0 Å². The molecule has 2 aromatic heterocycles. The van der Waals surface area contributed by atoms with E-state index in [4.69, 9.17) is 4.74 Å². The van der Waals surface area contributed by atoms with Crippen molar-refractivity contribution in [2.75, 3.05) is 43.5 Å². The molecule has 2 aromatic rings. The highest BCUT2D eigenvalue weighted by molar-refractivity contribution is 5.92. The Morgan fingerprint density at radius 1 is 1.33 bits per heavy atom. The normalized spacial score (nSPS) is 20.7. The lowest BCUT2D eigenvalue weighted by molar-refractivity contribution is -0.119. The number of halogens is 1. The smallest absolute Gasteiger partial charge is 0.229 e. The topological polar surface area (TPSA) is 101 Å². The van der Waals surface area contributed by atoms with Gasteiger partial charge in [0.2, 0.25) is 5.91 Å². The largest absolute Gasteiger partial charge is 0.383 e. The molecule has 1 amide bonds. The average Bonchev–Trinajstić information content (AvgIpc) is 3.30. The fourth-order valence-corrected chi connectivity index (χ4v) is 3.76. The average molecular weight is 414 g/mol. The summed E-state index contributed by atoms with van der Waals surface area (Å²) < 4.78 is 19.9. The van der Waals surface area contributed by atoms with Crippen LogP contribution in [0.5, 0.6) is 0 Å². The molecule has 3 N–H and O–H groups in total. The molecule has 1 unspecified atom stereocenters. The van der Waals surface area contributed by atoms with Crippen LogP contribution in [0.1, 0.15) is 26.2 Å². The molecule has 2 fully saturated rings. The summed E-state index contributed by atoms with van der Waals surface area (Å²) in [4.78, 5) is 16.3. The maximum atomic E-state index is 14.5. The van der Waals surface area contributed by atoms with Crippen LogP contribution in [0.15, 0.2) is 24.5 Å². The predicted octanol–water partition coefficient (Wildman–Crippen LogP) is 2.45. The zero-order valence-electron chi connectivity index (χ0n) is 17.1. The van der Waals surface area contributed by atoms with E-state index < -0.39 is 5.82 Å². The Hall–Kier alpha value is -2.65. The van der Waals surface area contributed by atoms with Crippen LogP contribution >= 0.6 is 0 Å². The minimum Gasteiger partial charge on any atom is -0.383 e. The number of hydrogen-bond acceptors (Lipinski definition) is 7. The molecule has 1 atom stereocenters. The third-order valence-corrected chi connectivity index (χ3v) is 5.89. The van der Waals surface area contributed by atoms with Crippen molar-refractivity contribution in [1.29, 1.82) is 0 Å². The van der Waals surface area contributed by atoms with Crippen LogP contribution in [-0.4, -0.2) is 53.9 Å². The maximum Gasteiger partial charge on any atom is 0.229 e. The van der Waals surface area contributed by atoms with Gasteiger partial charge in [0.1, 0.15) is 5.82 Å². The molecular weight excluding hydrogens is 387 g/mol. The minimum absolute atomic E-state index is 0.0980. The van der Waals surface area contributed by atoms with E-state index in [1.165, 1.54) is 6.07 Å². The number of nitrogens with one attached hydrogen (secondary N) is 3. The third kappa shape index (κ3) is 4.91. The second kappa shape index (κ2) is 9.01. The number of ether oxygens (including phenoxy) is 1. The van der Waals surface area contributed by atoms with Gasteiger partial charge in [0, 0.05) is 31.9 Å². The summed E-state index contributed by atoms with van der Waals surface area (Å²) in [5, 5.41) is 17.4. The summed E-state index contributed by atoms with van der Waals surface area (Å²) in [6.07, 6.45) is 5.49. The Labute approximate surface area is 175 Å². The predicted molar refractivity (Wildman–Crippen MR) is 111 cm³/mol. The lowest BCUT2D eigenvalue weighted by Crippen LogP contribution is -2.33. The lowest BCUT2D eigenvalue weighted by atomic mass is 9.82. The molecule has 0 aliphatic carbocycles. The molecule has 0 aromatic carbocycles. The second-order valence-corrected chi connectivity index (χ2v) is 8.33. The number of carbonyl (C=O) groups excluding carboxylic acids is 1. The number of pyridine rings is 1. The SMILES string of the molecule is CC1(CNc2cnnc(-c3cc(NC(=O)C4CCNC4)ncc3F)c2)CCOCC1. The highest BCUT2D eigenvalue weighted by Crippen LogP contribution is 2.30. The van der Waals surface area contributed by atoms with E-state index in [-0.39, 0.29) is 22.8 Å². The molecule has 0 radical (unpaired) electrons. The number of carbonyl (C=O) groups is 1. The monoisotopic (exact) mass is 414 g/mol. The molecule has 4 heterocycles. The van der Waals surface area contributed by atoms with Crippen LogP contribution in [0.4, 0.5) is 15.9 Å². The van der Waals surface area contributed by atoms with E-state index >= 15 is 0 Å². The van der Waals surface area contributed by atoms with E-state index in [0.717, 1.165) is 57.4 Å². The number of rotatable bonds is 6. The summed E-state index contributed by atoms with van der Waals surface area (Å²) in [7, 11) is 0. The van der Waals surface area contributed by atoms with Gasteiger partial charge in [-0.1, -0.05) is 6.92 Å². The summed E-state index contributed by atoms with van der Waals surface area (Å²) >= 11 is 0. The zero-order valence-corrected chi connectivity index (χ0v) is 17.1. The fraction of sp³-hybridized carbons (Fsp3) is 0.524. The van der Waals surface area contributed by atoms with Crippen LogP contribution in [0.3, 0.4) is 0 Å². The van der Waals surface area contributed by atoms with Gasteiger partial charge in [0.25, 0.3) is 0 Å². The van der Waals surface area contributed by atoms with Crippen LogP contribution in [0.25, 0.3) is 11.3 Å². The van der Waals surface area contributed by atoms with Gasteiger partial charge in [0.15, 0.2) is 5.82 Å². The van der Waals surface area contributed by atoms with Crippen molar-refractivity contribution in [3.05, 3.63) is 30.3 Å². The van der Waals surface area contributed by atoms with Crippen molar-refractivity contribution in [3.8, 4) is 11.3 Å². The molecular formula is C21H27FN6O2. The highest BCUT2D eigenvalue weighted by atomic mass is 19.1. The molecule has 0 saturated carbocycles. The molecule has 9 heteroatoms. The molecule has 0 bridgehead atoms. The highest BCUT2D eigenvalue weighted by Gasteiger charge is 2.27. The van der Waals surface area contributed by atoms with Gasteiger partial charge in [-0.15, -0.1) is 0 Å². The number of nitrogens with zero attached hydrogens (tertiary/aromatic N) is 3. The summed E-state index contributed by atoms with van der Waals surface area (Å²) in [6, 6.07) is 3.27. The van der Waals surface area contributed by atoms with Gasteiger partial charge in [-0.25, -0.2) is 9.37 Å². The van der Waals surface area contributed by atoms with Crippen LogP contribution < -0.4 is 16.0 Å². The van der Waals surface area contributed by atoms with Crippen molar-refractivity contribution in [2.45, 2.75) is 26.2 Å². The zero-order chi connectivity index (χ0) is 21.0. The van der Waals surface area contributed by atoms with E-state index in [1.54, 1.807) is 12.3 Å². The van der Waals surface area contributed by atoms with Gasteiger partial charge < -0.3 is 20.7 Å². The van der Waals surface area contributed by atoms with Crippen LogP contribution in [0, 0.1) is 17.2 Å². The molecule has 2 aliphatic heterocycles. The molecule has 30 heavy (non-hydrogen) atoms. The summed E-state index contributed by atoms with van der Waals surface area (Å²) in [5.41, 5.74) is 1.55. The van der Waals surface area contributed by atoms with Crippen molar-refractivity contribution in [3.63, 3.8) is 0 Å². The Balaban J connectivity index is 1.47. The fourth-order valence-electron chi connectivity index (χ4n) is 3.76.